The molecule has 0 bridgehead atoms. The number of carbonyl (C=O) groups is 2. The van der Waals surface area contributed by atoms with Crippen LogP contribution in [0, 0.1) is 5.92 Å². The van der Waals surface area contributed by atoms with Crippen molar-refractivity contribution in [1.29, 1.82) is 0 Å². The van der Waals surface area contributed by atoms with Gasteiger partial charge in [-0.25, -0.2) is 0 Å². The van der Waals surface area contributed by atoms with E-state index in [4.69, 9.17) is 0 Å². The predicted molar refractivity (Wildman–Crippen MR) is 102 cm³/mol. The Kier molecular flexibility index (Phi) is 5.53. The molecule has 0 saturated heterocycles. The molecule has 2 aromatic rings. The molecule has 1 unspecified atom stereocenters. The van der Waals surface area contributed by atoms with Crippen molar-refractivity contribution in [2.24, 2.45) is 5.92 Å². The molecule has 130 valence electrons. The van der Waals surface area contributed by atoms with Gasteiger partial charge in [0.05, 0.1) is 6.04 Å². The maximum absolute atomic E-state index is 12.6. The van der Waals surface area contributed by atoms with E-state index in [-0.39, 0.29) is 23.8 Å². The van der Waals surface area contributed by atoms with Gasteiger partial charge in [0, 0.05) is 21.6 Å². The second kappa shape index (κ2) is 7.83. The van der Waals surface area contributed by atoms with Gasteiger partial charge in [0.15, 0.2) is 0 Å². The Labute approximate surface area is 156 Å². The molecular weight excluding hydrogens is 380 g/mol. The van der Waals surface area contributed by atoms with Crippen molar-refractivity contribution in [2.45, 2.75) is 32.2 Å². The van der Waals surface area contributed by atoms with Gasteiger partial charge >= 0.3 is 0 Å². The standard InChI is InChI=1S/C20H21BrN2O2/c1-2-18(13-8-10-16(21)11-9-13)23-20(25)15-4-3-5-17(12-15)22-19(24)14-6-7-14/h3-5,8-12,14,18H,2,6-7H2,1H3,(H,22,24)(H,23,25). The fourth-order valence-corrected chi connectivity index (χ4v) is 2.95. The van der Waals surface area contributed by atoms with Gasteiger partial charge in [0.2, 0.25) is 5.91 Å². The number of carbonyl (C=O) groups excluding carboxylic acids is 2. The molecule has 2 N–H and O–H groups in total. The first-order chi connectivity index (χ1) is 12.1. The van der Waals surface area contributed by atoms with Gasteiger partial charge in [0.25, 0.3) is 5.91 Å². The first kappa shape index (κ1) is 17.7. The first-order valence-electron chi connectivity index (χ1n) is 8.54. The van der Waals surface area contributed by atoms with Crippen molar-refractivity contribution in [3.63, 3.8) is 0 Å². The summed E-state index contributed by atoms with van der Waals surface area (Å²) in [6.07, 6.45) is 2.71. The van der Waals surface area contributed by atoms with E-state index in [0.29, 0.717) is 11.3 Å². The van der Waals surface area contributed by atoms with Gasteiger partial charge < -0.3 is 10.6 Å². The van der Waals surface area contributed by atoms with Gasteiger partial charge in [-0.1, -0.05) is 41.1 Å². The largest absolute Gasteiger partial charge is 0.345 e. The van der Waals surface area contributed by atoms with Crippen molar-refractivity contribution in [2.75, 3.05) is 5.32 Å². The Bertz CT molecular complexity index is 770. The molecule has 1 aliphatic carbocycles. The van der Waals surface area contributed by atoms with Crippen LogP contribution in [0.2, 0.25) is 0 Å². The molecular formula is C20H21BrN2O2. The maximum atomic E-state index is 12.6. The van der Waals surface area contributed by atoms with Crippen molar-refractivity contribution in [1.82, 2.24) is 5.32 Å². The second-order valence-corrected chi connectivity index (χ2v) is 7.25. The van der Waals surface area contributed by atoms with Crippen molar-refractivity contribution in [3.8, 4) is 0 Å². The third-order valence-corrected chi connectivity index (χ3v) is 4.86. The van der Waals surface area contributed by atoms with Crippen LogP contribution in [0.3, 0.4) is 0 Å². The van der Waals surface area contributed by atoms with Crippen molar-refractivity contribution < 1.29 is 9.59 Å². The van der Waals surface area contributed by atoms with Gasteiger partial charge in [-0.3, -0.25) is 9.59 Å². The Hall–Kier alpha value is -2.14. The minimum absolute atomic E-state index is 0.0406. The van der Waals surface area contributed by atoms with E-state index in [1.165, 1.54) is 0 Å². The van der Waals surface area contributed by atoms with Crippen LogP contribution in [0.1, 0.15) is 48.1 Å². The maximum Gasteiger partial charge on any atom is 0.251 e. The number of hydrogen-bond donors (Lipinski definition) is 2. The molecule has 0 aliphatic heterocycles. The lowest BCUT2D eigenvalue weighted by Crippen LogP contribution is -2.28. The summed E-state index contributed by atoms with van der Waals surface area (Å²) in [6, 6.07) is 15.0. The lowest BCUT2D eigenvalue weighted by Gasteiger charge is -2.18. The lowest BCUT2D eigenvalue weighted by molar-refractivity contribution is -0.117. The summed E-state index contributed by atoms with van der Waals surface area (Å²) in [5, 5.41) is 5.95. The monoisotopic (exact) mass is 400 g/mol. The molecule has 4 nitrogen and oxygen atoms in total. The van der Waals surface area contributed by atoms with Crippen molar-refractivity contribution in [3.05, 3.63) is 64.1 Å². The van der Waals surface area contributed by atoms with E-state index >= 15 is 0 Å². The summed E-state index contributed by atoms with van der Waals surface area (Å²) in [7, 11) is 0. The van der Waals surface area contributed by atoms with Crippen LogP contribution in [0.4, 0.5) is 5.69 Å². The van der Waals surface area contributed by atoms with Gasteiger partial charge in [-0.15, -0.1) is 0 Å². The fourth-order valence-electron chi connectivity index (χ4n) is 2.69. The third-order valence-electron chi connectivity index (χ3n) is 4.33. The van der Waals surface area contributed by atoms with Crippen LogP contribution in [-0.4, -0.2) is 11.8 Å². The SMILES string of the molecule is CCC(NC(=O)c1cccc(NC(=O)C2CC2)c1)c1ccc(Br)cc1. The first-order valence-corrected chi connectivity index (χ1v) is 9.33. The molecule has 5 heteroatoms. The molecule has 0 aromatic heterocycles. The van der Waals surface area contributed by atoms with E-state index in [9.17, 15) is 9.59 Å². The number of hydrogen-bond acceptors (Lipinski definition) is 2. The zero-order valence-corrected chi connectivity index (χ0v) is 15.7. The summed E-state index contributed by atoms with van der Waals surface area (Å²) in [6.45, 7) is 2.04. The van der Waals surface area contributed by atoms with Gasteiger partial charge in [-0.2, -0.15) is 0 Å². The Morgan fingerprint density at radius 2 is 1.88 bits per heavy atom. The average Bonchev–Trinajstić information content (AvgIpc) is 3.46. The summed E-state index contributed by atoms with van der Waals surface area (Å²) >= 11 is 3.42. The minimum Gasteiger partial charge on any atom is -0.345 e. The number of anilines is 1. The molecule has 2 aromatic carbocycles. The molecule has 1 atom stereocenters. The van der Waals surface area contributed by atoms with Crippen LogP contribution < -0.4 is 10.6 Å². The molecule has 1 fully saturated rings. The molecule has 3 rings (SSSR count). The summed E-state index contributed by atoms with van der Waals surface area (Å²) in [4.78, 5) is 24.5. The van der Waals surface area contributed by atoms with E-state index in [2.05, 4.69) is 26.6 Å². The van der Waals surface area contributed by atoms with Crippen LogP contribution in [0.5, 0.6) is 0 Å². The van der Waals surface area contributed by atoms with Crippen LogP contribution in [0.15, 0.2) is 53.0 Å². The molecule has 2 amide bonds. The Balaban J connectivity index is 1.69. The predicted octanol–water partition coefficient (Wildman–Crippen LogP) is 4.68. The molecule has 1 saturated carbocycles. The number of benzene rings is 2. The average molecular weight is 401 g/mol. The van der Waals surface area contributed by atoms with E-state index in [0.717, 1.165) is 29.3 Å². The second-order valence-electron chi connectivity index (χ2n) is 6.33. The number of nitrogens with one attached hydrogen (secondary N) is 2. The highest BCUT2D eigenvalue weighted by molar-refractivity contribution is 9.10. The van der Waals surface area contributed by atoms with Gasteiger partial charge in [0.1, 0.15) is 0 Å². The summed E-state index contributed by atoms with van der Waals surface area (Å²) < 4.78 is 1.01. The van der Waals surface area contributed by atoms with Crippen LogP contribution in [-0.2, 0) is 4.79 Å². The summed E-state index contributed by atoms with van der Waals surface area (Å²) in [5.74, 6) is 0.0375. The highest BCUT2D eigenvalue weighted by Crippen LogP contribution is 2.30. The molecule has 0 spiro atoms. The minimum atomic E-state index is -0.141. The Morgan fingerprint density at radius 3 is 2.52 bits per heavy atom. The molecule has 0 radical (unpaired) electrons. The lowest BCUT2D eigenvalue weighted by atomic mass is 10.0. The summed E-state index contributed by atoms with van der Waals surface area (Å²) in [5.41, 5.74) is 2.28. The van der Waals surface area contributed by atoms with E-state index in [1.807, 2.05) is 37.3 Å². The van der Waals surface area contributed by atoms with Crippen LogP contribution >= 0.6 is 15.9 Å². The highest BCUT2D eigenvalue weighted by atomic mass is 79.9. The van der Waals surface area contributed by atoms with Crippen LogP contribution in [0.25, 0.3) is 0 Å². The zero-order valence-electron chi connectivity index (χ0n) is 14.1. The topological polar surface area (TPSA) is 58.2 Å². The van der Waals surface area contributed by atoms with E-state index < -0.39 is 0 Å². The normalized spacial score (nSPS) is 14.6. The van der Waals surface area contributed by atoms with Gasteiger partial charge in [-0.05, 0) is 55.2 Å². The molecule has 0 heterocycles. The smallest absolute Gasteiger partial charge is 0.251 e. The zero-order chi connectivity index (χ0) is 17.8. The third kappa shape index (κ3) is 4.69. The highest BCUT2D eigenvalue weighted by Gasteiger charge is 2.29. The molecule has 1 aliphatic rings. The van der Waals surface area contributed by atoms with Crippen molar-refractivity contribution >= 4 is 33.4 Å². The number of rotatable bonds is 6. The van der Waals surface area contributed by atoms with E-state index in [1.54, 1.807) is 18.2 Å². The number of halogens is 1. The molecule has 25 heavy (non-hydrogen) atoms. The Morgan fingerprint density at radius 1 is 1.16 bits per heavy atom. The quantitative estimate of drug-likeness (QED) is 0.739. The fraction of sp³-hybridized carbons (Fsp3) is 0.300. The number of amides is 2.